The third-order valence-electron chi connectivity index (χ3n) is 3.86. The van der Waals surface area contributed by atoms with Crippen molar-refractivity contribution in [1.82, 2.24) is 14.7 Å². The molecule has 0 atom stereocenters. The number of halogens is 1. The number of aryl methyl sites for hydroxylation is 1. The van der Waals surface area contributed by atoms with Gasteiger partial charge in [-0.15, -0.1) is 0 Å². The standard InChI is InChI=1S/C19H19FN4O2/c1-3-10-21-19(26)16-17(22-15-9-4-12(2)11-24(15)16)23-18(25)13-5-7-14(20)8-6-13/h4-9,11H,3,10H2,1-2H3,(H,21,26)(H,23,25). The monoisotopic (exact) mass is 354 g/mol. The fourth-order valence-electron chi connectivity index (χ4n) is 2.56. The quantitative estimate of drug-likeness (QED) is 0.739. The van der Waals surface area contributed by atoms with Gasteiger partial charge in [0.25, 0.3) is 11.8 Å². The maximum atomic E-state index is 13.0. The van der Waals surface area contributed by atoms with Gasteiger partial charge >= 0.3 is 0 Å². The second kappa shape index (κ2) is 7.35. The summed E-state index contributed by atoms with van der Waals surface area (Å²) in [6.45, 7) is 4.38. The van der Waals surface area contributed by atoms with Crippen molar-refractivity contribution in [2.24, 2.45) is 0 Å². The molecule has 0 radical (unpaired) electrons. The zero-order chi connectivity index (χ0) is 18.7. The highest BCUT2D eigenvalue weighted by molar-refractivity contribution is 6.08. The lowest BCUT2D eigenvalue weighted by Gasteiger charge is -2.08. The number of imidazole rings is 1. The number of hydrogen-bond donors (Lipinski definition) is 2. The molecule has 3 rings (SSSR count). The molecule has 2 amide bonds. The normalized spacial score (nSPS) is 10.7. The van der Waals surface area contributed by atoms with Crippen LogP contribution >= 0.6 is 0 Å². The van der Waals surface area contributed by atoms with Crippen LogP contribution in [0.25, 0.3) is 5.65 Å². The molecule has 2 aromatic heterocycles. The van der Waals surface area contributed by atoms with Gasteiger partial charge in [0.15, 0.2) is 11.5 Å². The summed E-state index contributed by atoms with van der Waals surface area (Å²) in [4.78, 5) is 29.4. The molecule has 0 saturated heterocycles. The molecular formula is C19H19FN4O2. The van der Waals surface area contributed by atoms with E-state index < -0.39 is 11.7 Å². The lowest BCUT2D eigenvalue weighted by Crippen LogP contribution is -2.27. The number of carbonyl (C=O) groups excluding carboxylic acids is 2. The predicted molar refractivity (Wildman–Crippen MR) is 96.9 cm³/mol. The van der Waals surface area contributed by atoms with E-state index in [0.717, 1.165) is 12.0 Å². The van der Waals surface area contributed by atoms with Crippen molar-refractivity contribution in [2.75, 3.05) is 11.9 Å². The molecule has 0 aliphatic heterocycles. The highest BCUT2D eigenvalue weighted by Gasteiger charge is 2.21. The van der Waals surface area contributed by atoms with Crippen LogP contribution < -0.4 is 10.6 Å². The van der Waals surface area contributed by atoms with E-state index in [-0.39, 0.29) is 23.0 Å². The second-order valence-corrected chi connectivity index (χ2v) is 5.96. The van der Waals surface area contributed by atoms with Crippen molar-refractivity contribution < 1.29 is 14.0 Å². The summed E-state index contributed by atoms with van der Waals surface area (Å²) in [7, 11) is 0. The van der Waals surface area contributed by atoms with E-state index in [4.69, 9.17) is 0 Å². The summed E-state index contributed by atoms with van der Waals surface area (Å²) >= 11 is 0. The molecule has 1 aromatic carbocycles. The van der Waals surface area contributed by atoms with Gasteiger partial charge in [0, 0.05) is 18.3 Å². The summed E-state index contributed by atoms with van der Waals surface area (Å²) in [5.74, 6) is -1.04. The molecule has 6 nitrogen and oxygen atoms in total. The van der Waals surface area contributed by atoms with E-state index in [1.54, 1.807) is 16.7 Å². The molecular weight excluding hydrogens is 335 g/mol. The fourth-order valence-corrected chi connectivity index (χ4v) is 2.56. The van der Waals surface area contributed by atoms with Gasteiger partial charge in [0.2, 0.25) is 0 Å². The Labute approximate surface area is 150 Å². The molecule has 0 aliphatic carbocycles. The maximum absolute atomic E-state index is 13.0. The number of nitrogens with zero attached hydrogens (tertiary/aromatic N) is 2. The van der Waals surface area contributed by atoms with Crippen molar-refractivity contribution in [2.45, 2.75) is 20.3 Å². The third kappa shape index (κ3) is 3.56. The Balaban J connectivity index is 1.99. The maximum Gasteiger partial charge on any atom is 0.272 e. The molecule has 0 fully saturated rings. The molecule has 0 saturated carbocycles. The largest absolute Gasteiger partial charge is 0.351 e. The molecule has 0 bridgehead atoms. The Bertz CT molecular complexity index is 964. The molecule has 26 heavy (non-hydrogen) atoms. The van der Waals surface area contributed by atoms with Crippen LogP contribution in [-0.4, -0.2) is 27.7 Å². The van der Waals surface area contributed by atoms with E-state index in [0.29, 0.717) is 12.2 Å². The van der Waals surface area contributed by atoms with Crippen molar-refractivity contribution in [3.63, 3.8) is 0 Å². The summed E-state index contributed by atoms with van der Waals surface area (Å²) in [5.41, 5.74) is 2.04. The van der Waals surface area contributed by atoms with Crippen LogP contribution in [0.2, 0.25) is 0 Å². The number of fused-ring (bicyclic) bond motifs is 1. The third-order valence-corrected chi connectivity index (χ3v) is 3.86. The predicted octanol–water partition coefficient (Wildman–Crippen LogP) is 3.17. The van der Waals surface area contributed by atoms with Crippen molar-refractivity contribution in [3.05, 3.63) is 65.2 Å². The first-order valence-electron chi connectivity index (χ1n) is 8.33. The van der Waals surface area contributed by atoms with Gasteiger partial charge in [-0.05, 0) is 49.2 Å². The molecule has 3 aromatic rings. The van der Waals surface area contributed by atoms with Crippen molar-refractivity contribution in [3.8, 4) is 0 Å². The SMILES string of the molecule is CCCNC(=O)c1c(NC(=O)c2ccc(F)cc2)nc2ccc(C)cn12. The van der Waals surface area contributed by atoms with Gasteiger partial charge in [-0.25, -0.2) is 9.37 Å². The van der Waals surface area contributed by atoms with Gasteiger partial charge in [0.05, 0.1) is 0 Å². The molecule has 2 N–H and O–H groups in total. The number of benzene rings is 1. The summed E-state index contributed by atoms with van der Waals surface area (Å²) in [6.07, 6.45) is 2.58. The van der Waals surface area contributed by atoms with Crippen LogP contribution in [0.3, 0.4) is 0 Å². The van der Waals surface area contributed by atoms with Crippen LogP contribution in [-0.2, 0) is 0 Å². The van der Waals surface area contributed by atoms with E-state index in [1.807, 2.05) is 19.9 Å². The number of amides is 2. The first-order chi connectivity index (χ1) is 12.5. The topological polar surface area (TPSA) is 75.5 Å². The van der Waals surface area contributed by atoms with Gasteiger partial charge in [-0.1, -0.05) is 13.0 Å². The second-order valence-electron chi connectivity index (χ2n) is 5.96. The highest BCUT2D eigenvalue weighted by atomic mass is 19.1. The van der Waals surface area contributed by atoms with Crippen LogP contribution in [0.15, 0.2) is 42.6 Å². The zero-order valence-electron chi connectivity index (χ0n) is 14.5. The number of rotatable bonds is 5. The molecule has 7 heteroatoms. The Morgan fingerprint density at radius 1 is 1.12 bits per heavy atom. The van der Waals surface area contributed by atoms with E-state index in [1.165, 1.54) is 24.3 Å². The van der Waals surface area contributed by atoms with Gasteiger partial charge in [-0.3, -0.25) is 14.0 Å². The lowest BCUT2D eigenvalue weighted by atomic mass is 10.2. The van der Waals surface area contributed by atoms with Crippen molar-refractivity contribution in [1.29, 1.82) is 0 Å². The van der Waals surface area contributed by atoms with Crippen LogP contribution in [0, 0.1) is 12.7 Å². The van der Waals surface area contributed by atoms with Crippen LogP contribution in [0.5, 0.6) is 0 Å². The van der Waals surface area contributed by atoms with Gasteiger partial charge in [-0.2, -0.15) is 0 Å². The Kier molecular flexibility index (Phi) is 4.97. The number of pyridine rings is 1. The average Bonchev–Trinajstić information content (AvgIpc) is 2.97. The van der Waals surface area contributed by atoms with Crippen LogP contribution in [0.4, 0.5) is 10.2 Å². The summed E-state index contributed by atoms with van der Waals surface area (Å²) < 4.78 is 14.7. The minimum atomic E-state index is -0.463. The Morgan fingerprint density at radius 2 is 1.85 bits per heavy atom. The van der Waals surface area contributed by atoms with E-state index in [9.17, 15) is 14.0 Å². The van der Waals surface area contributed by atoms with Crippen molar-refractivity contribution >= 4 is 23.3 Å². The molecule has 134 valence electrons. The molecule has 0 aliphatic rings. The fraction of sp³-hybridized carbons (Fsp3) is 0.211. The summed E-state index contributed by atoms with van der Waals surface area (Å²) in [5, 5.41) is 5.46. The van der Waals surface area contributed by atoms with E-state index >= 15 is 0 Å². The first-order valence-corrected chi connectivity index (χ1v) is 8.33. The number of anilines is 1. The van der Waals surface area contributed by atoms with Gasteiger partial charge in [0.1, 0.15) is 11.5 Å². The zero-order valence-corrected chi connectivity index (χ0v) is 14.5. The van der Waals surface area contributed by atoms with Gasteiger partial charge < -0.3 is 10.6 Å². The highest BCUT2D eigenvalue weighted by Crippen LogP contribution is 2.20. The smallest absolute Gasteiger partial charge is 0.272 e. The molecule has 2 heterocycles. The van der Waals surface area contributed by atoms with Crippen LogP contribution in [0.1, 0.15) is 39.8 Å². The minimum absolute atomic E-state index is 0.165. The number of carbonyl (C=O) groups is 2. The molecule has 0 unspecified atom stereocenters. The molecule has 0 spiro atoms. The number of nitrogens with one attached hydrogen (secondary N) is 2. The number of hydrogen-bond acceptors (Lipinski definition) is 3. The average molecular weight is 354 g/mol. The lowest BCUT2D eigenvalue weighted by molar-refractivity contribution is 0.0949. The first kappa shape index (κ1) is 17.6. The number of aromatic nitrogens is 2. The minimum Gasteiger partial charge on any atom is -0.351 e. The van der Waals surface area contributed by atoms with E-state index in [2.05, 4.69) is 15.6 Å². The Morgan fingerprint density at radius 3 is 2.54 bits per heavy atom. The summed E-state index contributed by atoms with van der Waals surface area (Å²) in [6, 6.07) is 8.82. The Hall–Kier alpha value is -3.22.